The lowest BCUT2D eigenvalue weighted by molar-refractivity contribution is 0.601. The highest BCUT2D eigenvalue weighted by atomic mass is 35.5. The van der Waals surface area contributed by atoms with Crippen molar-refractivity contribution < 1.29 is 8.42 Å². The summed E-state index contributed by atoms with van der Waals surface area (Å²) in [6, 6.07) is 26.1. The first-order chi connectivity index (χ1) is 19.2. The van der Waals surface area contributed by atoms with Gasteiger partial charge in [-0.2, -0.15) is 4.98 Å². The Morgan fingerprint density at radius 3 is 2.41 bits per heavy atom. The standard InChI is InChI=1S/C30H33N7O2S.ClH/c1-21(23-8-6-5-7-9-23)32-30-34-26-20-25(14-15-27(26)37(30)3)36(2)28-16-18-31-29(35-28)33-24-12-10-22(11-13-24)17-19-40(4,38)39;/h5-16,18,20-21H,17,19H2,1-4H3,(H,32,34)(H,31,33,35);1H. The third kappa shape index (κ3) is 7.33. The van der Waals surface area contributed by atoms with E-state index >= 15 is 0 Å². The minimum atomic E-state index is -2.99. The smallest absolute Gasteiger partial charge is 0.229 e. The Hall–Kier alpha value is -4.15. The number of hydrogen-bond donors (Lipinski definition) is 2. The summed E-state index contributed by atoms with van der Waals surface area (Å²) in [6.07, 6.45) is 3.45. The number of nitrogens with zero attached hydrogens (tertiary/aromatic N) is 5. The maximum atomic E-state index is 11.4. The van der Waals surface area contributed by atoms with Gasteiger partial charge in [-0.25, -0.2) is 18.4 Å². The monoisotopic (exact) mass is 591 g/mol. The molecular formula is C30H34ClN7O2S. The average molecular weight is 592 g/mol. The number of fused-ring (bicyclic) bond motifs is 1. The van der Waals surface area contributed by atoms with E-state index in [1.807, 2.05) is 67.5 Å². The number of imidazole rings is 1. The molecule has 41 heavy (non-hydrogen) atoms. The van der Waals surface area contributed by atoms with Crippen molar-refractivity contribution in [3.63, 3.8) is 0 Å². The van der Waals surface area contributed by atoms with Gasteiger partial charge in [0.25, 0.3) is 0 Å². The fourth-order valence-electron chi connectivity index (χ4n) is 4.46. The number of benzene rings is 3. The SMILES string of the molecule is CC(Nc1nc2cc(N(C)c3ccnc(Nc4ccc(CCS(C)(=O)=O)cc4)n3)ccc2n1C)c1ccccc1.Cl. The van der Waals surface area contributed by atoms with Crippen molar-refractivity contribution in [2.45, 2.75) is 19.4 Å². The Balaban J connectivity index is 0.00000387. The fourth-order valence-corrected chi connectivity index (χ4v) is 5.07. The largest absolute Gasteiger partial charge is 0.349 e. The second-order valence-corrected chi connectivity index (χ2v) is 12.2. The molecule has 2 N–H and O–H groups in total. The maximum absolute atomic E-state index is 11.4. The van der Waals surface area contributed by atoms with E-state index in [0.29, 0.717) is 12.4 Å². The highest BCUT2D eigenvalue weighted by molar-refractivity contribution is 7.90. The summed E-state index contributed by atoms with van der Waals surface area (Å²) in [5.74, 6) is 2.13. The van der Waals surface area contributed by atoms with E-state index in [2.05, 4.69) is 57.4 Å². The molecule has 0 amide bonds. The quantitative estimate of drug-likeness (QED) is 0.202. The average Bonchev–Trinajstić information content (AvgIpc) is 3.26. The van der Waals surface area contributed by atoms with E-state index in [-0.39, 0.29) is 24.2 Å². The van der Waals surface area contributed by atoms with E-state index in [0.717, 1.165) is 39.7 Å². The summed E-state index contributed by atoms with van der Waals surface area (Å²) in [6.45, 7) is 2.13. The Morgan fingerprint density at radius 2 is 1.71 bits per heavy atom. The molecule has 2 aromatic heterocycles. The van der Waals surface area contributed by atoms with Crippen LogP contribution in [0.25, 0.3) is 11.0 Å². The highest BCUT2D eigenvalue weighted by Gasteiger charge is 2.14. The van der Waals surface area contributed by atoms with Crippen LogP contribution in [0.1, 0.15) is 24.1 Å². The molecule has 5 aromatic rings. The molecule has 0 aliphatic carbocycles. The fraction of sp³-hybridized carbons (Fsp3) is 0.233. The van der Waals surface area contributed by atoms with Crippen LogP contribution in [0.2, 0.25) is 0 Å². The van der Waals surface area contributed by atoms with Crippen LogP contribution in [-0.4, -0.2) is 47.0 Å². The molecule has 0 saturated heterocycles. The molecular weight excluding hydrogens is 558 g/mol. The van der Waals surface area contributed by atoms with E-state index in [9.17, 15) is 8.42 Å². The van der Waals surface area contributed by atoms with Crippen molar-refractivity contribution in [1.82, 2.24) is 19.5 Å². The van der Waals surface area contributed by atoms with Crippen LogP contribution in [0, 0.1) is 0 Å². The van der Waals surface area contributed by atoms with Crippen LogP contribution >= 0.6 is 12.4 Å². The number of aryl methyl sites for hydroxylation is 2. The van der Waals surface area contributed by atoms with E-state index in [4.69, 9.17) is 9.97 Å². The Kier molecular flexibility index (Phi) is 9.14. The number of aromatic nitrogens is 4. The first-order valence-corrected chi connectivity index (χ1v) is 15.1. The van der Waals surface area contributed by atoms with Crippen molar-refractivity contribution in [2.75, 3.05) is 34.6 Å². The highest BCUT2D eigenvalue weighted by Crippen LogP contribution is 2.29. The Morgan fingerprint density at radius 1 is 0.976 bits per heavy atom. The molecule has 1 atom stereocenters. The van der Waals surface area contributed by atoms with Crippen LogP contribution in [0.15, 0.2) is 85.1 Å². The van der Waals surface area contributed by atoms with Gasteiger partial charge in [-0.05, 0) is 60.9 Å². The molecule has 5 rings (SSSR count). The molecule has 0 spiro atoms. The van der Waals surface area contributed by atoms with Gasteiger partial charge in [-0.15, -0.1) is 12.4 Å². The van der Waals surface area contributed by atoms with Crippen LogP contribution in [0.3, 0.4) is 0 Å². The maximum Gasteiger partial charge on any atom is 0.229 e. The minimum absolute atomic E-state index is 0. The number of nitrogens with one attached hydrogen (secondary N) is 2. The third-order valence-electron chi connectivity index (χ3n) is 6.85. The third-order valence-corrected chi connectivity index (χ3v) is 7.80. The summed E-state index contributed by atoms with van der Waals surface area (Å²) < 4.78 is 24.9. The first kappa shape index (κ1) is 29.8. The van der Waals surface area contributed by atoms with Crippen LogP contribution < -0.4 is 15.5 Å². The lowest BCUT2D eigenvalue weighted by Gasteiger charge is -2.19. The molecule has 0 aliphatic heterocycles. The zero-order valence-corrected chi connectivity index (χ0v) is 25.1. The predicted octanol–water partition coefficient (Wildman–Crippen LogP) is 6.06. The molecule has 0 saturated carbocycles. The Labute approximate surface area is 247 Å². The lowest BCUT2D eigenvalue weighted by Crippen LogP contribution is -2.12. The minimum Gasteiger partial charge on any atom is -0.349 e. The second kappa shape index (κ2) is 12.6. The van der Waals surface area contributed by atoms with Gasteiger partial charge in [0.1, 0.15) is 15.7 Å². The predicted molar refractivity (Wildman–Crippen MR) is 170 cm³/mol. The van der Waals surface area contributed by atoms with Gasteiger partial charge in [-0.3, -0.25) is 0 Å². The molecule has 214 valence electrons. The second-order valence-electron chi connectivity index (χ2n) is 9.94. The van der Waals surface area contributed by atoms with Crippen molar-refractivity contribution in [2.24, 2.45) is 7.05 Å². The molecule has 1 unspecified atom stereocenters. The molecule has 0 fully saturated rings. The number of anilines is 5. The van der Waals surface area contributed by atoms with Gasteiger partial charge in [-0.1, -0.05) is 42.5 Å². The van der Waals surface area contributed by atoms with E-state index < -0.39 is 9.84 Å². The summed E-state index contributed by atoms with van der Waals surface area (Å²) in [5.41, 5.74) is 5.85. The summed E-state index contributed by atoms with van der Waals surface area (Å²) >= 11 is 0. The van der Waals surface area contributed by atoms with Gasteiger partial charge >= 0.3 is 0 Å². The zero-order chi connectivity index (χ0) is 28.3. The van der Waals surface area contributed by atoms with Crippen molar-refractivity contribution in [3.8, 4) is 0 Å². The lowest BCUT2D eigenvalue weighted by atomic mass is 10.1. The van der Waals surface area contributed by atoms with Gasteiger partial charge in [0.05, 0.1) is 22.8 Å². The van der Waals surface area contributed by atoms with Gasteiger partial charge in [0.15, 0.2) is 0 Å². The van der Waals surface area contributed by atoms with Crippen molar-refractivity contribution >= 4 is 62.4 Å². The molecule has 2 heterocycles. The summed E-state index contributed by atoms with van der Waals surface area (Å²) in [4.78, 5) is 15.9. The summed E-state index contributed by atoms with van der Waals surface area (Å²) in [7, 11) is 0.981. The first-order valence-electron chi connectivity index (χ1n) is 13.0. The van der Waals surface area contributed by atoms with Gasteiger partial charge in [0.2, 0.25) is 11.9 Å². The normalized spacial score (nSPS) is 12.0. The van der Waals surface area contributed by atoms with Gasteiger partial charge < -0.3 is 20.1 Å². The molecule has 0 bridgehead atoms. The molecule has 11 heteroatoms. The molecule has 0 aliphatic rings. The topological polar surface area (TPSA) is 105 Å². The number of hydrogen-bond acceptors (Lipinski definition) is 8. The van der Waals surface area contributed by atoms with E-state index in [1.54, 1.807) is 6.20 Å². The molecule has 0 radical (unpaired) electrons. The number of sulfone groups is 1. The number of halogens is 1. The van der Waals surface area contributed by atoms with Crippen LogP contribution in [0.5, 0.6) is 0 Å². The molecule has 9 nitrogen and oxygen atoms in total. The van der Waals surface area contributed by atoms with Crippen molar-refractivity contribution in [3.05, 3.63) is 96.2 Å². The zero-order valence-electron chi connectivity index (χ0n) is 23.4. The van der Waals surface area contributed by atoms with Crippen LogP contribution in [0.4, 0.5) is 29.1 Å². The number of rotatable bonds is 10. The van der Waals surface area contributed by atoms with Crippen LogP contribution in [-0.2, 0) is 23.3 Å². The van der Waals surface area contributed by atoms with Gasteiger partial charge in [0, 0.05) is 37.9 Å². The Bertz CT molecular complexity index is 1730. The van der Waals surface area contributed by atoms with Crippen molar-refractivity contribution in [1.29, 1.82) is 0 Å². The molecule has 3 aromatic carbocycles. The summed E-state index contributed by atoms with van der Waals surface area (Å²) in [5, 5.41) is 6.76. The van der Waals surface area contributed by atoms with E-state index in [1.165, 1.54) is 11.8 Å².